The summed E-state index contributed by atoms with van der Waals surface area (Å²) in [4.78, 5) is 13.6. The molecule has 0 unspecified atom stereocenters. The fraction of sp³-hybridized carbons (Fsp3) is 0.333. The number of H-pyrrole nitrogens is 1. The number of ether oxygens (including phenoxy) is 2. The SMILES string of the molecule is O=C(O)c1n[nH]c2ccc(NCc3ccc(OCCN4CCOCC4)c(Cl)c3)cc12. The molecule has 0 bridgehead atoms. The molecule has 3 N–H and O–H groups in total. The van der Waals surface area contributed by atoms with E-state index in [0.29, 0.717) is 34.8 Å². The van der Waals surface area contributed by atoms with Gasteiger partial charge in [-0.05, 0) is 35.9 Å². The third-order valence-electron chi connectivity index (χ3n) is 5.03. The van der Waals surface area contributed by atoms with Gasteiger partial charge in [-0.3, -0.25) is 10.00 Å². The summed E-state index contributed by atoms with van der Waals surface area (Å²) in [5.41, 5.74) is 2.48. The first-order valence-electron chi connectivity index (χ1n) is 9.77. The predicted octanol–water partition coefficient (Wildman–Crippen LogP) is 3.24. The van der Waals surface area contributed by atoms with E-state index in [0.717, 1.165) is 44.1 Å². The number of aromatic carboxylic acids is 1. The van der Waals surface area contributed by atoms with E-state index >= 15 is 0 Å². The van der Waals surface area contributed by atoms with Crippen LogP contribution in [0, 0.1) is 0 Å². The highest BCUT2D eigenvalue weighted by Crippen LogP contribution is 2.26. The molecule has 9 heteroatoms. The number of rotatable bonds is 8. The van der Waals surface area contributed by atoms with Crippen molar-refractivity contribution in [1.82, 2.24) is 15.1 Å². The lowest BCUT2D eigenvalue weighted by Crippen LogP contribution is -2.38. The minimum atomic E-state index is -1.06. The highest BCUT2D eigenvalue weighted by atomic mass is 35.5. The molecule has 1 aliphatic heterocycles. The van der Waals surface area contributed by atoms with Gasteiger partial charge in [-0.15, -0.1) is 0 Å². The van der Waals surface area contributed by atoms with E-state index in [9.17, 15) is 9.90 Å². The van der Waals surface area contributed by atoms with Crippen molar-refractivity contribution in [3.8, 4) is 5.75 Å². The Labute approximate surface area is 178 Å². The number of carboxylic acid groups (broad SMARTS) is 1. The van der Waals surface area contributed by atoms with Gasteiger partial charge in [-0.2, -0.15) is 5.10 Å². The molecule has 0 atom stereocenters. The largest absolute Gasteiger partial charge is 0.491 e. The molecule has 2 heterocycles. The normalized spacial score (nSPS) is 14.7. The topological polar surface area (TPSA) is 99.7 Å². The second-order valence-electron chi connectivity index (χ2n) is 7.06. The molecular formula is C21H23ClN4O4. The zero-order chi connectivity index (χ0) is 20.9. The van der Waals surface area contributed by atoms with E-state index in [-0.39, 0.29) is 5.69 Å². The van der Waals surface area contributed by atoms with Crippen molar-refractivity contribution < 1.29 is 19.4 Å². The second-order valence-corrected chi connectivity index (χ2v) is 7.47. The molecule has 0 saturated carbocycles. The van der Waals surface area contributed by atoms with Crippen molar-refractivity contribution in [1.29, 1.82) is 0 Å². The van der Waals surface area contributed by atoms with Gasteiger partial charge in [0.25, 0.3) is 0 Å². The summed E-state index contributed by atoms with van der Waals surface area (Å²) in [5, 5.41) is 20.2. The quantitative estimate of drug-likeness (QED) is 0.504. The Morgan fingerprint density at radius 3 is 2.87 bits per heavy atom. The molecule has 1 aromatic heterocycles. The summed E-state index contributed by atoms with van der Waals surface area (Å²) >= 11 is 6.39. The molecule has 0 aliphatic carbocycles. The van der Waals surface area contributed by atoms with Gasteiger partial charge in [0.2, 0.25) is 0 Å². The molecule has 4 rings (SSSR count). The average molecular weight is 431 g/mol. The Morgan fingerprint density at radius 1 is 1.27 bits per heavy atom. The van der Waals surface area contributed by atoms with Crippen molar-refractivity contribution in [2.75, 3.05) is 44.8 Å². The number of hydrogen-bond donors (Lipinski definition) is 3. The summed E-state index contributed by atoms with van der Waals surface area (Å²) in [5.74, 6) is -0.394. The molecule has 0 spiro atoms. The number of benzene rings is 2. The summed E-state index contributed by atoms with van der Waals surface area (Å²) in [7, 11) is 0. The average Bonchev–Trinajstić information content (AvgIpc) is 3.18. The maximum Gasteiger partial charge on any atom is 0.357 e. The summed E-state index contributed by atoms with van der Waals surface area (Å²) < 4.78 is 11.2. The van der Waals surface area contributed by atoms with Gasteiger partial charge in [0.1, 0.15) is 12.4 Å². The molecule has 0 amide bonds. The third-order valence-corrected chi connectivity index (χ3v) is 5.32. The Balaban J connectivity index is 1.33. The first-order chi connectivity index (χ1) is 14.6. The van der Waals surface area contributed by atoms with Crippen LogP contribution in [0.2, 0.25) is 5.02 Å². The van der Waals surface area contributed by atoms with Gasteiger partial charge < -0.3 is 19.9 Å². The van der Waals surface area contributed by atoms with E-state index in [1.807, 2.05) is 24.3 Å². The molecule has 30 heavy (non-hydrogen) atoms. The number of carboxylic acids is 1. The minimum absolute atomic E-state index is 0.00951. The monoisotopic (exact) mass is 430 g/mol. The van der Waals surface area contributed by atoms with Gasteiger partial charge in [-0.1, -0.05) is 17.7 Å². The Bertz CT molecular complexity index is 1030. The fourth-order valence-electron chi connectivity index (χ4n) is 3.37. The maximum absolute atomic E-state index is 11.3. The number of carbonyl (C=O) groups is 1. The molecule has 3 aromatic rings. The predicted molar refractivity (Wildman–Crippen MR) is 115 cm³/mol. The number of hydrogen-bond acceptors (Lipinski definition) is 6. The second kappa shape index (κ2) is 9.34. The fourth-order valence-corrected chi connectivity index (χ4v) is 3.63. The van der Waals surface area contributed by atoms with Crippen LogP contribution in [0.1, 0.15) is 16.1 Å². The Hall–Kier alpha value is -2.81. The molecular weight excluding hydrogens is 408 g/mol. The number of aromatic nitrogens is 2. The number of nitrogens with zero attached hydrogens (tertiary/aromatic N) is 2. The summed E-state index contributed by atoms with van der Waals surface area (Å²) in [6.45, 7) is 5.37. The molecule has 1 aliphatic rings. The van der Waals surface area contributed by atoms with Crippen molar-refractivity contribution in [2.45, 2.75) is 6.54 Å². The van der Waals surface area contributed by atoms with E-state index < -0.39 is 5.97 Å². The number of aromatic amines is 1. The van der Waals surface area contributed by atoms with Crippen LogP contribution in [0.25, 0.3) is 10.9 Å². The van der Waals surface area contributed by atoms with E-state index in [1.54, 1.807) is 12.1 Å². The lowest BCUT2D eigenvalue weighted by molar-refractivity contribution is 0.0322. The van der Waals surface area contributed by atoms with E-state index in [4.69, 9.17) is 21.1 Å². The Kier molecular flexibility index (Phi) is 6.37. The van der Waals surface area contributed by atoms with Crippen molar-refractivity contribution in [3.05, 3.63) is 52.7 Å². The first kappa shape index (κ1) is 20.5. The van der Waals surface area contributed by atoms with Gasteiger partial charge in [-0.25, -0.2) is 4.79 Å². The van der Waals surface area contributed by atoms with Crippen LogP contribution in [0.5, 0.6) is 5.75 Å². The zero-order valence-electron chi connectivity index (χ0n) is 16.4. The number of fused-ring (bicyclic) bond motifs is 1. The van der Waals surface area contributed by atoms with Crippen molar-refractivity contribution in [3.63, 3.8) is 0 Å². The molecule has 0 radical (unpaired) electrons. The lowest BCUT2D eigenvalue weighted by Gasteiger charge is -2.26. The van der Waals surface area contributed by atoms with Crippen LogP contribution in [0.15, 0.2) is 36.4 Å². The highest BCUT2D eigenvalue weighted by molar-refractivity contribution is 6.32. The Morgan fingerprint density at radius 2 is 2.10 bits per heavy atom. The van der Waals surface area contributed by atoms with Crippen LogP contribution >= 0.6 is 11.6 Å². The first-order valence-corrected chi connectivity index (χ1v) is 10.1. The maximum atomic E-state index is 11.3. The smallest absolute Gasteiger partial charge is 0.357 e. The number of halogens is 1. The third kappa shape index (κ3) is 4.84. The number of morpholine rings is 1. The molecule has 2 aromatic carbocycles. The van der Waals surface area contributed by atoms with Crippen LogP contribution < -0.4 is 10.1 Å². The van der Waals surface area contributed by atoms with Crippen LogP contribution in [0.3, 0.4) is 0 Å². The molecule has 1 saturated heterocycles. The van der Waals surface area contributed by atoms with Crippen LogP contribution in [-0.2, 0) is 11.3 Å². The molecule has 8 nitrogen and oxygen atoms in total. The zero-order valence-corrected chi connectivity index (χ0v) is 17.1. The van der Waals surface area contributed by atoms with Crippen LogP contribution in [0.4, 0.5) is 5.69 Å². The van der Waals surface area contributed by atoms with E-state index in [2.05, 4.69) is 20.4 Å². The number of anilines is 1. The van der Waals surface area contributed by atoms with Gasteiger partial charge >= 0.3 is 5.97 Å². The van der Waals surface area contributed by atoms with Gasteiger partial charge in [0, 0.05) is 37.3 Å². The highest BCUT2D eigenvalue weighted by Gasteiger charge is 2.13. The van der Waals surface area contributed by atoms with Crippen LogP contribution in [-0.4, -0.2) is 65.6 Å². The van der Waals surface area contributed by atoms with Gasteiger partial charge in [0.15, 0.2) is 5.69 Å². The van der Waals surface area contributed by atoms with E-state index in [1.165, 1.54) is 0 Å². The molecule has 158 valence electrons. The van der Waals surface area contributed by atoms with Crippen molar-refractivity contribution >= 4 is 34.2 Å². The summed E-state index contributed by atoms with van der Waals surface area (Å²) in [6.07, 6.45) is 0. The summed E-state index contributed by atoms with van der Waals surface area (Å²) in [6, 6.07) is 11.2. The minimum Gasteiger partial charge on any atom is -0.491 e. The molecule has 1 fully saturated rings. The number of nitrogens with one attached hydrogen (secondary N) is 2. The van der Waals surface area contributed by atoms with Crippen molar-refractivity contribution in [2.24, 2.45) is 0 Å². The lowest BCUT2D eigenvalue weighted by atomic mass is 10.1. The standard InChI is InChI=1S/C21H23ClN4O4/c22-17-11-14(1-4-19(17)30-10-7-26-5-8-29-9-6-26)13-23-15-2-3-18-16(12-15)20(21(27)28)25-24-18/h1-4,11-12,23H,5-10,13H2,(H,24,25)(H,27,28). The van der Waals surface area contributed by atoms with Gasteiger partial charge in [0.05, 0.1) is 23.8 Å².